The van der Waals surface area contributed by atoms with Crippen LogP contribution in [0.15, 0.2) is 30.3 Å². The minimum atomic E-state index is 0.0729. The molecule has 0 aliphatic carbocycles. The summed E-state index contributed by atoms with van der Waals surface area (Å²) < 4.78 is 0. The van der Waals surface area contributed by atoms with Gasteiger partial charge in [0.05, 0.1) is 0 Å². The zero-order valence-corrected chi connectivity index (χ0v) is 10.5. The fraction of sp³-hybridized carbons (Fsp3) is 0.500. The lowest BCUT2D eigenvalue weighted by atomic mass is 10.2. The number of nitrogens with zero attached hydrogens (tertiary/aromatic N) is 1. The van der Waals surface area contributed by atoms with Crippen molar-refractivity contribution in [1.82, 2.24) is 10.2 Å². The van der Waals surface area contributed by atoms with Gasteiger partial charge in [0.2, 0.25) is 5.91 Å². The minimum Gasteiger partial charge on any atom is -0.352 e. The Hall–Kier alpha value is -1.35. The molecule has 1 aromatic carbocycles. The van der Waals surface area contributed by atoms with E-state index in [0.29, 0.717) is 12.1 Å². The Balaban J connectivity index is 1.92. The van der Waals surface area contributed by atoms with Crippen molar-refractivity contribution in [2.75, 3.05) is 6.54 Å². The van der Waals surface area contributed by atoms with E-state index < -0.39 is 0 Å². The molecule has 0 saturated carbocycles. The Morgan fingerprint density at radius 3 is 2.76 bits per heavy atom. The van der Waals surface area contributed by atoms with Crippen LogP contribution in [0.4, 0.5) is 0 Å². The first-order chi connectivity index (χ1) is 8.15. The van der Waals surface area contributed by atoms with Crippen LogP contribution in [0.25, 0.3) is 0 Å². The van der Waals surface area contributed by atoms with E-state index in [9.17, 15) is 4.79 Å². The van der Waals surface area contributed by atoms with Crippen LogP contribution >= 0.6 is 0 Å². The zero-order valence-electron chi connectivity index (χ0n) is 10.5. The van der Waals surface area contributed by atoms with Crippen LogP contribution in [0.5, 0.6) is 0 Å². The lowest BCUT2D eigenvalue weighted by Crippen LogP contribution is -2.35. The molecule has 3 nitrogen and oxygen atoms in total. The standard InChI is InChI=1S/C14H20N2O/c1-11-8-14(15-12(2)17)10-16(11)9-13-6-4-3-5-7-13/h3-7,11,14H,8-10H2,1-2H3,(H,15,17). The number of hydrogen-bond donors (Lipinski definition) is 1. The number of carbonyl (C=O) groups excluding carboxylic acids is 1. The highest BCUT2D eigenvalue weighted by atomic mass is 16.1. The van der Waals surface area contributed by atoms with Gasteiger partial charge in [-0.1, -0.05) is 30.3 Å². The smallest absolute Gasteiger partial charge is 0.217 e. The highest BCUT2D eigenvalue weighted by Gasteiger charge is 2.29. The van der Waals surface area contributed by atoms with Crippen molar-refractivity contribution in [3.8, 4) is 0 Å². The Bertz CT molecular complexity index is 377. The molecule has 1 aliphatic rings. The average Bonchev–Trinajstić information content (AvgIpc) is 2.59. The van der Waals surface area contributed by atoms with Crippen LogP contribution in [0.2, 0.25) is 0 Å². The normalized spacial score (nSPS) is 24.8. The minimum absolute atomic E-state index is 0.0729. The molecule has 0 radical (unpaired) electrons. The highest BCUT2D eigenvalue weighted by Crippen LogP contribution is 2.20. The van der Waals surface area contributed by atoms with Crippen LogP contribution in [-0.2, 0) is 11.3 Å². The number of rotatable bonds is 3. The summed E-state index contributed by atoms with van der Waals surface area (Å²) in [6, 6.07) is 11.3. The van der Waals surface area contributed by atoms with Gasteiger partial charge in [0.1, 0.15) is 0 Å². The van der Waals surface area contributed by atoms with E-state index >= 15 is 0 Å². The van der Waals surface area contributed by atoms with Crippen molar-refractivity contribution in [3.63, 3.8) is 0 Å². The van der Waals surface area contributed by atoms with E-state index in [2.05, 4.69) is 41.4 Å². The van der Waals surface area contributed by atoms with Crippen molar-refractivity contribution < 1.29 is 4.79 Å². The van der Waals surface area contributed by atoms with Crippen LogP contribution in [0, 0.1) is 0 Å². The molecular weight excluding hydrogens is 212 g/mol. The topological polar surface area (TPSA) is 32.3 Å². The number of amides is 1. The molecule has 2 unspecified atom stereocenters. The fourth-order valence-corrected chi connectivity index (χ4v) is 2.53. The molecule has 0 bridgehead atoms. The van der Waals surface area contributed by atoms with Gasteiger partial charge in [-0.15, -0.1) is 0 Å². The second-order valence-corrected chi connectivity index (χ2v) is 4.90. The van der Waals surface area contributed by atoms with Gasteiger partial charge in [-0.25, -0.2) is 0 Å². The zero-order chi connectivity index (χ0) is 12.3. The summed E-state index contributed by atoms with van der Waals surface area (Å²) in [4.78, 5) is 13.5. The first kappa shape index (κ1) is 12.1. The molecule has 92 valence electrons. The Morgan fingerprint density at radius 1 is 1.41 bits per heavy atom. The van der Waals surface area contributed by atoms with E-state index in [4.69, 9.17) is 0 Å². The Morgan fingerprint density at radius 2 is 2.12 bits per heavy atom. The molecule has 2 rings (SSSR count). The van der Waals surface area contributed by atoms with Crippen molar-refractivity contribution in [1.29, 1.82) is 0 Å². The number of hydrogen-bond acceptors (Lipinski definition) is 2. The monoisotopic (exact) mass is 232 g/mol. The summed E-state index contributed by atoms with van der Waals surface area (Å²) in [5.41, 5.74) is 1.34. The van der Waals surface area contributed by atoms with E-state index in [1.165, 1.54) is 5.56 Å². The second kappa shape index (κ2) is 5.32. The maximum Gasteiger partial charge on any atom is 0.217 e. The molecule has 0 aromatic heterocycles. The third kappa shape index (κ3) is 3.30. The van der Waals surface area contributed by atoms with Gasteiger partial charge in [0.25, 0.3) is 0 Å². The van der Waals surface area contributed by atoms with Crippen LogP contribution in [-0.4, -0.2) is 29.4 Å². The van der Waals surface area contributed by atoms with E-state index in [1.54, 1.807) is 6.92 Å². The van der Waals surface area contributed by atoms with Crippen molar-refractivity contribution in [2.24, 2.45) is 0 Å². The predicted molar refractivity (Wildman–Crippen MR) is 68.5 cm³/mol. The fourth-order valence-electron chi connectivity index (χ4n) is 2.53. The summed E-state index contributed by atoms with van der Waals surface area (Å²) in [5, 5.41) is 3.01. The van der Waals surface area contributed by atoms with Crippen LogP contribution in [0.3, 0.4) is 0 Å². The molecule has 1 aliphatic heterocycles. The average molecular weight is 232 g/mol. The summed E-state index contributed by atoms with van der Waals surface area (Å²) in [5.74, 6) is 0.0729. The Labute approximate surface area is 103 Å². The quantitative estimate of drug-likeness (QED) is 0.861. The first-order valence-corrected chi connectivity index (χ1v) is 6.20. The maximum atomic E-state index is 11.0. The third-order valence-corrected chi connectivity index (χ3v) is 3.34. The van der Waals surface area contributed by atoms with Gasteiger partial charge in [0, 0.05) is 32.1 Å². The highest BCUT2D eigenvalue weighted by molar-refractivity contribution is 5.73. The van der Waals surface area contributed by atoms with E-state index in [-0.39, 0.29) is 5.91 Å². The largest absolute Gasteiger partial charge is 0.352 e. The van der Waals surface area contributed by atoms with Crippen LogP contribution < -0.4 is 5.32 Å². The predicted octanol–water partition coefficient (Wildman–Crippen LogP) is 1.79. The SMILES string of the molecule is CC(=O)NC1CC(C)N(Cc2ccccc2)C1. The summed E-state index contributed by atoms with van der Waals surface area (Å²) in [7, 11) is 0. The molecule has 3 heteroatoms. The van der Waals surface area contributed by atoms with Crippen molar-refractivity contribution in [3.05, 3.63) is 35.9 Å². The molecule has 0 spiro atoms. The molecule has 1 saturated heterocycles. The molecular formula is C14H20N2O. The Kier molecular flexibility index (Phi) is 3.79. The molecule has 1 heterocycles. The van der Waals surface area contributed by atoms with Crippen LogP contribution in [0.1, 0.15) is 25.8 Å². The molecule has 17 heavy (non-hydrogen) atoms. The molecule has 2 atom stereocenters. The van der Waals surface area contributed by atoms with Gasteiger partial charge in [-0.05, 0) is 18.9 Å². The second-order valence-electron chi connectivity index (χ2n) is 4.90. The van der Waals surface area contributed by atoms with E-state index in [0.717, 1.165) is 19.5 Å². The third-order valence-electron chi connectivity index (χ3n) is 3.34. The summed E-state index contributed by atoms with van der Waals surface area (Å²) in [6.07, 6.45) is 1.05. The number of carbonyl (C=O) groups is 1. The van der Waals surface area contributed by atoms with Gasteiger partial charge >= 0.3 is 0 Å². The van der Waals surface area contributed by atoms with Gasteiger partial charge in [-0.3, -0.25) is 9.69 Å². The molecule has 1 aromatic rings. The van der Waals surface area contributed by atoms with Crippen molar-refractivity contribution >= 4 is 5.91 Å². The lowest BCUT2D eigenvalue weighted by Gasteiger charge is -2.20. The first-order valence-electron chi connectivity index (χ1n) is 6.20. The van der Waals surface area contributed by atoms with Gasteiger partial charge in [-0.2, -0.15) is 0 Å². The maximum absolute atomic E-state index is 11.0. The summed E-state index contributed by atoms with van der Waals surface area (Å²) in [6.45, 7) is 5.74. The number of benzene rings is 1. The molecule has 1 fully saturated rings. The van der Waals surface area contributed by atoms with Gasteiger partial charge < -0.3 is 5.32 Å². The number of nitrogens with one attached hydrogen (secondary N) is 1. The summed E-state index contributed by atoms with van der Waals surface area (Å²) >= 11 is 0. The van der Waals surface area contributed by atoms with E-state index in [1.807, 2.05) is 6.07 Å². The van der Waals surface area contributed by atoms with Gasteiger partial charge in [0.15, 0.2) is 0 Å². The number of likely N-dealkylation sites (tertiary alicyclic amines) is 1. The molecule has 1 N–H and O–H groups in total. The van der Waals surface area contributed by atoms with Crippen molar-refractivity contribution in [2.45, 2.75) is 38.9 Å². The molecule has 1 amide bonds. The lowest BCUT2D eigenvalue weighted by molar-refractivity contribution is -0.119.